The molecular formula is C23H22N2O4S. The molecule has 7 heteroatoms. The van der Waals surface area contributed by atoms with Gasteiger partial charge in [-0.25, -0.2) is 4.98 Å². The molecule has 0 unspecified atom stereocenters. The first-order chi connectivity index (χ1) is 14.7. The molecule has 30 heavy (non-hydrogen) atoms. The van der Waals surface area contributed by atoms with Crippen LogP contribution >= 0.6 is 11.3 Å². The summed E-state index contributed by atoms with van der Waals surface area (Å²) in [5, 5.41) is 10.8. The fraction of sp³-hybridized carbons (Fsp3) is 0.304. The lowest BCUT2D eigenvalue weighted by atomic mass is 9.97. The van der Waals surface area contributed by atoms with Gasteiger partial charge in [0.15, 0.2) is 0 Å². The van der Waals surface area contributed by atoms with E-state index in [0.717, 1.165) is 65.6 Å². The number of hydrogen-bond acceptors (Lipinski definition) is 6. The minimum atomic E-state index is -0.667. The van der Waals surface area contributed by atoms with Crippen LogP contribution in [0.25, 0.3) is 21.2 Å². The number of nitrogens with zero attached hydrogens (tertiary/aromatic N) is 2. The molecule has 0 spiro atoms. The molecule has 0 aliphatic carbocycles. The van der Waals surface area contributed by atoms with Crippen LogP contribution in [0.2, 0.25) is 0 Å². The number of rotatable bonds is 6. The van der Waals surface area contributed by atoms with E-state index in [9.17, 15) is 4.79 Å². The molecule has 0 atom stereocenters. The van der Waals surface area contributed by atoms with Crippen LogP contribution in [0.3, 0.4) is 0 Å². The van der Waals surface area contributed by atoms with Crippen LogP contribution in [0.5, 0.6) is 10.9 Å². The third kappa shape index (κ3) is 3.91. The molecule has 3 heterocycles. The zero-order chi connectivity index (χ0) is 20.5. The van der Waals surface area contributed by atoms with Gasteiger partial charge in [0, 0.05) is 18.0 Å². The second-order valence-corrected chi connectivity index (χ2v) is 8.67. The molecule has 4 aromatic rings. The maximum Gasteiger partial charge on any atom is 0.306 e. The van der Waals surface area contributed by atoms with Crippen LogP contribution in [0.15, 0.2) is 53.1 Å². The molecule has 1 saturated heterocycles. The van der Waals surface area contributed by atoms with E-state index in [-0.39, 0.29) is 5.92 Å². The Morgan fingerprint density at radius 3 is 2.87 bits per heavy atom. The van der Waals surface area contributed by atoms with E-state index in [1.165, 1.54) is 11.3 Å². The van der Waals surface area contributed by atoms with Crippen molar-refractivity contribution in [1.29, 1.82) is 0 Å². The molecule has 1 fully saturated rings. The highest BCUT2D eigenvalue weighted by Crippen LogP contribution is 2.33. The van der Waals surface area contributed by atoms with Gasteiger partial charge in [-0.3, -0.25) is 4.79 Å². The summed E-state index contributed by atoms with van der Waals surface area (Å²) in [6.45, 7) is 2.59. The number of carbonyl (C=O) groups is 1. The molecule has 5 rings (SSSR count). The summed E-state index contributed by atoms with van der Waals surface area (Å²) in [5.74, 6) is -0.151. The summed E-state index contributed by atoms with van der Waals surface area (Å²) in [6.07, 6.45) is 4.15. The Morgan fingerprint density at radius 1 is 1.23 bits per heavy atom. The van der Waals surface area contributed by atoms with Crippen molar-refractivity contribution in [2.75, 3.05) is 19.6 Å². The number of ether oxygens (including phenoxy) is 1. The maximum atomic E-state index is 11.1. The third-order valence-electron chi connectivity index (χ3n) is 5.74. The Morgan fingerprint density at radius 2 is 2.07 bits per heavy atom. The predicted molar refractivity (Wildman–Crippen MR) is 116 cm³/mol. The Balaban J connectivity index is 1.24. The largest absolute Gasteiger partial charge is 0.481 e. The second-order valence-electron chi connectivity index (χ2n) is 7.67. The first-order valence-electron chi connectivity index (χ1n) is 10.1. The highest BCUT2D eigenvalue weighted by Gasteiger charge is 2.24. The Bertz CT molecular complexity index is 1160. The zero-order valence-corrected chi connectivity index (χ0v) is 17.2. The molecule has 6 nitrogen and oxygen atoms in total. The van der Waals surface area contributed by atoms with Gasteiger partial charge in [-0.05, 0) is 62.2 Å². The number of furan rings is 1. The minimum Gasteiger partial charge on any atom is -0.481 e. The normalized spacial score (nSPS) is 15.7. The lowest BCUT2D eigenvalue weighted by molar-refractivity contribution is -0.143. The van der Waals surface area contributed by atoms with Gasteiger partial charge in [-0.2, -0.15) is 0 Å². The van der Waals surface area contributed by atoms with E-state index >= 15 is 0 Å². The number of hydrogen-bond donors (Lipinski definition) is 1. The molecule has 1 N–H and O–H groups in total. The van der Waals surface area contributed by atoms with Gasteiger partial charge in [-0.1, -0.05) is 23.5 Å². The number of likely N-dealkylation sites (tertiary alicyclic amines) is 1. The maximum absolute atomic E-state index is 11.1. The zero-order valence-electron chi connectivity index (χ0n) is 16.4. The van der Waals surface area contributed by atoms with E-state index in [0.29, 0.717) is 10.9 Å². The number of para-hydroxylation sites is 1. The third-order valence-corrected chi connectivity index (χ3v) is 6.66. The molecule has 2 aromatic heterocycles. The summed E-state index contributed by atoms with van der Waals surface area (Å²) in [4.78, 5) is 17.9. The van der Waals surface area contributed by atoms with Gasteiger partial charge >= 0.3 is 5.97 Å². The lowest BCUT2D eigenvalue weighted by Crippen LogP contribution is -2.37. The molecule has 154 valence electrons. The van der Waals surface area contributed by atoms with Crippen molar-refractivity contribution in [3.8, 4) is 10.9 Å². The standard InChI is InChI=1S/C23H22N2O4S/c26-22(27)15-7-10-25(11-8-15)12-9-16-14-28-20-13-17(5-6-18(16)20)29-23-24-19-3-1-2-4-21(19)30-23/h1-6,13-15H,7-12H2,(H,26,27). The van der Waals surface area contributed by atoms with E-state index in [2.05, 4.69) is 9.88 Å². The quantitative estimate of drug-likeness (QED) is 0.462. The monoisotopic (exact) mass is 422 g/mol. The molecule has 1 aliphatic heterocycles. The predicted octanol–water partition coefficient (Wildman–Crippen LogP) is 5.17. The van der Waals surface area contributed by atoms with Crippen LogP contribution in [-0.4, -0.2) is 40.6 Å². The molecule has 0 radical (unpaired) electrons. The van der Waals surface area contributed by atoms with Crippen molar-refractivity contribution in [3.05, 3.63) is 54.3 Å². The first-order valence-corrected chi connectivity index (χ1v) is 11.0. The summed E-state index contributed by atoms with van der Waals surface area (Å²) < 4.78 is 12.8. The summed E-state index contributed by atoms with van der Waals surface area (Å²) in [5.41, 5.74) is 2.90. The van der Waals surface area contributed by atoms with Crippen molar-refractivity contribution in [1.82, 2.24) is 9.88 Å². The number of thiazole rings is 1. The van der Waals surface area contributed by atoms with Crippen molar-refractivity contribution in [2.24, 2.45) is 5.92 Å². The molecule has 1 aliphatic rings. The van der Waals surface area contributed by atoms with Crippen LogP contribution < -0.4 is 4.74 Å². The highest BCUT2D eigenvalue weighted by molar-refractivity contribution is 7.20. The number of carboxylic acids is 1. The summed E-state index contributed by atoms with van der Waals surface area (Å²) in [7, 11) is 0. The van der Waals surface area contributed by atoms with Gasteiger partial charge in [0.05, 0.1) is 22.4 Å². The SMILES string of the molecule is O=C(O)C1CCN(CCc2coc3cc(Oc4nc5ccccc5s4)ccc23)CC1. The molecule has 0 amide bonds. The second kappa shape index (κ2) is 8.08. The van der Waals surface area contributed by atoms with E-state index in [1.54, 1.807) is 0 Å². The van der Waals surface area contributed by atoms with Crippen molar-refractivity contribution >= 4 is 38.5 Å². The number of carboxylic acid groups (broad SMARTS) is 1. The van der Waals surface area contributed by atoms with Crippen LogP contribution in [0, 0.1) is 5.92 Å². The molecule has 0 saturated carbocycles. The van der Waals surface area contributed by atoms with E-state index < -0.39 is 5.97 Å². The number of aliphatic carboxylic acids is 1. The highest BCUT2D eigenvalue weighted by atomic mass is 32.1. The molecular weight excluding hydrogens is 400 g/mol. The van der Waals surface area contributed by atoms with Gasteiger partial charge in [0.1, 0.15) is 11.3 Å². The Hall–Kier alpha value is -2.90. The number of piperidine rings is 1. The van der Waals surface area contributed by atoms with Crippen molar-refractivity contribution in [3.63, 3.8) is 0 Å². The van der Waals surface area contributed by atoms with Gasteiger partial charge in [0.2, 0.25) is 0 Å². The average Bonchev–Trinajstić information content (AvgIpc) is 3.35. The number of fused-ring (bicyclic) bond motifs is 2. The smallest absolute Gasteiger partial charge is 0.306 e. The van der Waals surface area contributed by atoms with Crippen LogP contribution in [0.4, 0.5) is 0 Å². The number of benzene rings is 2. The number of aromatic nitrogens is 1. The lowest BCUT2D eigenvalue weighted by Gasteiger charge is -2.29. The fourth-order valence-corrected chi connectivity index (χ4v) is 4.83. The van der Waals surface area contributed by atoms with E-state index in [1.807, 2.05) is 48.7 Å². The molecule has 2 aromatic carbocycles. The summed E-state index contributed by atoms with van der Waals surface area (Å²) in [6, 6.07) is 13.9. The molecule has 0 bridgehead atoms. The van der Waals surface area contributed by atoms with E-state index in [4.69, 9.17) is 14.3 Å². The minimum absolute atomic E-state index is 0.190. The first kappa shape index (κ1) is 19.1. The van der Waals surface area contributed by atoms with Crippen LogP contribution in [0.1, 0.15) is 18.4 Å². The fourth-order valence-electron chi connectivity index (χ4n) is 4.00. The topological polar surface area (TPSA) is 75.8 Å². The Labute approximate surface area is 177 Å². The van der Waals surface area contributed by atoms with Crippen molar-refractivity contribution in [2.45, 2.75) is 19.3 Å². The van der Waals surface area contributed by atoms with Gasteiger partial charge < -0.3 is 19.2 Å². The summed E-state index contributed by atoms with van der Waals surface area (Å²) >= 11 is 1.52. The average molecular weight is 423 g/mol. The van der Waals surface area contributed by atoms with Gasteiger partial charge in [-0.15, -0.1) is 0 Å². The Kier molecular flexibility index (Phi) is 5.14. The van der Waals surface area contributed by atoms with Gasteiger partial charge in [0.25, 0.3) is 5.19 Å². The van der Waals surface area contributed by atoms with Crippen LogP contribution in [-0.2, 0) is 11.2 Å². The van der Waals surface area contributed by atoms with Crippen molar-refractivity contribution < 1.29 is 19.1 Å².